The van der Waals surface area contributed by atoms with Gasteiger partial charge in [-0.25, -0.2) is 0 Å². The lowest BCUT2D eigenvalue weighted by Gasteiger charge is -2.20. The van der Waals surface area contributed by atoms with E-state index < -0.39 is 0 Å². The van der Waals surface area contributed by atoms with Crippen LogP contribution in [0.2, 0.25) is 0 Å². The second-order valence-corrected chi connectivity index (χ2v) is 5.47. The Labute approximate surface area is 111 Å². The molecule has 0 radical (unpaired) electrons. The van der Waals surface area contributed by atoms with Crippen LogP contribution in [-0.2, 0) is 4.89 Å². The molecule has 0 aliphatic rings. The van der Waals surface area contributed by atoms with Crippen molar-refractivity contribution in [2.24, 2.45) is 0 Å². The maximum atomic E-state index is 5.54. The third-order valence-electron chi connectivity index (χ3n) is 3.18. The predicted molar refractivity (Wildman–Crippen MR) is 76.1 cm³/mol. The van der Waals surface area contributed by atoms with Crippen LogP contribution in [0.5, 0.6) is 5.75 Å². The lowest BCUT2D eigenvalue weighted by Crippen LogP contribution is -2.11. The molecule has 0 heterocycles. The highest BCUT2D eigenvalue weighted by molar-refractivity contribution is 5.43. The Morgan fingerprint density at radius 3 is 2.17 bits per heavy atom. The van der Waals surface area contributed by atoms with Crippen LogP contribution in [0.4, 0.5) is 0 Å². The molecule has 0 fully saturated rings. The summed E-state index contributed by atoms with van der Waals surface area (Å²) >= 11 is 0. The standard InChI is InChI=1S/C16H26O2/c1-7-13(6)17-18-15-10-8-9-14(11(2)3)16(15)12(4)5/h8-13H,7H2,1-6H3. The van der Waals surface area contributed by atoms with Crippen LogP contribution in [0, 0.1) is 0 Å². The second kappa shape index (κ2) is 6.79. The summed E-state index contributed by atoms with van der Waals surface area (Å²) < 4.78 is 0. The van der Waals surface area contributed by atoms with Gasteiger partial charge in [0.1, 0.15) is 6.10 Å². The van der Waals surface area contributed by atoms with E-state index in [4.69, 9.17) is 9.78 Å². The molecule has 102 valence electrons. The van der Waals surface area contributed by atoms with Crippen LogP contribution in [0.3, 0.4) is 0 Å². The minimum Gasteiger partial charge on any atom is -0.337 e. The van der Waals surface area contributed by atoms with Crippen molar-refractivity contribution in [3.8, 4) is 5.75 Å². The molecule has 1 unspecified atom stereocenters. The number of hydrogen-bond acceptors (Lipinski definition) is 2. The summed E-state index contributed by atoms with van der Waals surface area (Å²) in [4.78, 5) is 10.9. The van der Waals surface area contributed by atoms with Gasteiger partial charge in [0, 0.05) is 5.56 Å². The Balaban J connectivity index is 2.99. The average Bonchev–Trinajstić information content (AvgIpc) is 2.34. The monoisotopic (exact) mass is 250 g/mol. The topological polar surface area (TPSA) is 18.5 Å². The fraction of sp³-hybridized carbons (Fsp3) is 0.625. The number of benzene rings is 1. The third-order valence-corrected chi connectivity index (χ3v) is 3.18. The summed E-state index contributed by atoms with van der Waals surface area (Å²) in [6.45, 7) is 12.9. The van der Waals surface area contributed by atoms with Crippen LogP contribution >= 0.6 is 0 Å². The quantitative estimate of drug-likeness (QED) is 0.520. The molecule has 0 saturated carbocycles. The van der Waals surface area contributed by atoms with Gasteiger partial charge in [-0.1, -0.05) is 46.8 Å². The van der Waals surface area contributed by atoms with Crippen LogP contribution in [0.1, 0.15) is 70.9 Å². The first-order valence-electron chi connectivity index (χ1n) is 6.93. The molecule has 0 saturated heterocycles. The van der Waals surface area contributed by atoms with Crippen molar-refractivity contribution in [3.05, 3.63) is 29.3 Å². The second-order valence-electron chi connectivity index (χ2n) is 5.47. The van der Waals surface area contributed by atoms with E-state index in [-0.39, 0.29) is 6.10 Å². The van der Waals surface area contributed by atoms with Crippen LogP contribution in [-0.4, -0.2) is 6.10 Å². The number of hydrogen-bond donors (Lipinski definition) is 0. The van der Waals surface area contributed by atoms with Crippen LogP contribution in [0.25, 0.3) is 0 Å². The molecule has 1 rings (SSSR count). The van der Waals surface area contributed by atoms with Gasteiger partial charge in [-0.15, -0.1) is 0 Å². The van der Waals surface area contributed by atoms with Crippen molar-refractivity contribution in [2.75, 3.05) is 0 Å². The molecule has 0 amide bonds. The lowest BCUT2D eigenvalue weighted by molar-refractivity contribution is -0.240. The van der Waals surface area contributed by atoms with Gasteiger partial charge in [0.2, 0.25) is 0 Å². The molecular formula is C16H26O2. The van der Waals surface area contributed by atoms with Crippen molar-refractivity contribution >= 4 is 0 Å². The Kier molecular flexibility index (Phi) is 5.67. The van der Waals surface area contributed by atoms with E-state index in [2.05, 4.69) is 40.7 Å². The van der Waals surface area contributed by atoms with Gasteiger partial charge >= 0.3 is 0 Å². The van der Waals surface area contributed by atoms with Crippen LogP contribution < -0.4 is 4.89 Å². The summed E-state index contributed by atoms with van der Waals surface area (Å²) in [5.41, 5.74) is 2.60. The van der Waals surface area contributed by atoms with Gasteiger partial charge in [-0.3, -0.25) is 0 Å². The van der Waals surface area contributed by atoms with E-state index in [9.17, 15) is 0 Å². The van der Waals surface area contributed by atoms with Crippen molar-refractivity contribution in [2.45, 2.75) is 65.9 Å². The van der Waals surface area contributed by atoms with E-state index in [1.807, 2.05) is 19.1 Å². The summed E-state index contributed by atoms with van der Waals surface area (Å²) in [5, 5.41) is 0. The summed E-state index contributed by atoms with van der Waals surface area (Å²) in [6.07, 6.45) is 1.06. The summed E-state index contributed by atoms with van der Waals surface area (Å²) in [6, 6.07) is 6.20. The van der Waals surface area contributed by atoms with E-state index in [1.54, 1.807) is 0 Å². The molecule has 0 aliphatic carbocycles. The summed E-state index contributed by atoms with van der Waals surface area (Å²) in [7, 11) is 0. The molecule has 2 heteroatoms. The minimum atomic E-state index is 0.118. The zero-order valence-corrected chi connectivity index (χ0v) is 12.5. The van der Waals surface area contributed by atoms with Gasteiger partial charge in [0.15, 0.2) is 5.75 Å². The first-order chi connectivity index (χ1) is 8.47. The molecule has 0 spiro atoms. The Morgan fingerprint density at radius 2 is 1.67 bits per heavy atom. The van der Waals surface area contributed by atoms with E-state index in [1.165, 1.54) is 11.1 Å². The zero-order chi connectivity index (χ0) is 13.7. The fourth-order valence-corrected chi connectivity index (χ4v) is 1.96. The molecule has 0 bridgehead atoms. The molecule has 2 nitrogen and oxygen atoms in total. The molecule has 1 aromatic carbocycles. The maximum Gasteiger partial charge on any atom is 0.169 e. The van der Waals surface area contributed by atoms with Crippen molar-refractivity contribution in [3.63, 3.8) is 0 Å². The normalized spacial score (nSPS) is 13.1. The van der Waals surface area contributed by atoms with Gasteiger partial charge in [-0.2, -0.15) is 4.89 Å². The molecule has 0 N–H and O–H groups in total. The van der Waals surface area contributed by atoms with E-state index in [0.717, 1.165) is 12.2 Å². The largest absolute Gasteiger partial charge is 0.337 e. The predicted octanol–water partition coefficient (Wildman–Crippen LogP) is 5.04. The highest BCUT2D eigenvalue weighted by Gasteiger charge is 2.16. The SMILES string of the molecule is CCC(C)OOc1cccc(C(C)C)c1C(C)C. The van der Waals surface area contributed by atoms with Gasteiger partial charge in [-0.05, 0) is 36.8 Å². The van der Waals surface area contributed by atoms with Gasteiger partial charge in [0.05, 0.1) is 0 Å². The van der Waals surface area contributed by atoms with Crippen molar-refractivity contribution in [1.29, 1.82) is 0 Å². The van der Waals surface area contributed by atoms with Crippen LogP contribution in [0.15, 0.2) is 18.2 Å². The fourth-order valence-electron chi connectivity index (χ4n) is 1.96. The number of rotatable bonds is 6. The first-order valence-corrected chi connectivity index (χ1v) is 6.93. The highest BCUT2D eigenvalue weighted by atomic mass is 17.2. The van der Waals surface area contributed by atoms with Crippen molar-refractivity contribution < 1.29 is 9.78 Å². The van der Waals surface area contributed by atoms with Crippen molar-refractivity contribution in [1.82, 2.24) is 0 Å². The first kappa shape index (κ1) is 15.0. The summed E-state index contributed by atoms with van der Waals surface area (Å²) in [5.74, 6) is 1.78. The molecule has 0 aliphatic heterocycles. The zero-order valence-electron chi connectivity index (χ0n) is 12.5. The lowest BCUT2D eigenvalue weighted by atomic mass is 9.90. The average molecular weight is 250 g/mol. The van der Waals surface area contributed by atoms with Gasteiger partial charge < -0.3 is 4.89 Å². The molecule has 18 heavy (non-hydrogen) atoms. The Bertz CT molecular complexity index is 369. The Hall–Kier alpha value is -1.02. The molecule has 1 atom stereocenters. The Morgan fingerprint density at radius 1 is 1.00 bits per heavy atom. The molecule has 1 aromatic rings. The maximum absolute atomic E-state index is 5.54. The minimum absolute atomic E-state index is 0.118. The highest BCUT2D eigenvalue weighted by Crippen LogP contribution is 2.34. The molecular weight excluding hydrogens is 224 g/mol. The smallest absolute Gasteiger partial charge is 0.169 e. The van der Waals surface area contributed by atoms with E-state index >= 15 is 0 Å². The third kappa shape index (κ3) is 3.74. The van der Waals surface area contributed by atoms with E-state index in [0.29, 0.717) is 11.8 Å². The van der Waals surface area contributed by atoms with Gasteiger partial charge in [0.25, 0.3) is 0 Å². The molecule has 0 aromatic heterocycles.